The van der Waals surface area contributed by atoms with Crippen LogP contribution in [0.1, 0.15) is 19.8 Å². The molecule has 0 aromatic rings. The lowest BCUT2D eigenvalue weighted by Crippen LogP contribution is -2.53. The third kappa shape index (κ3) is 4.61. The first-order valence-electron chi connectivity index (χ1n) is 6.44. The van der Waals surface area contributed by atoms with Gasteiger partial charge < -0.3 is 15.4 Å². The van der Waals surface area contributed by atoms with Gasteiger partial charge in [0.05, 0.1) is 6.04 Å². The molecule has 5 nitrogen and oxygen atoms in total. The van der Waals surface area contributed by atoms with Crippen LogP contribution < -0.4 is 5.73 Å². The SMILES string of the molecule is CCCN1CCN(C(=O)C(N)CCOC)CC1. The number of carbonyl (C=O) groups excluding carboxylic acids is 1. The summed E-state index contributed by atoms with van der Waals surface area (Å²) in [6.07, 6.45) is 1.77. The largest absolute Gasteiger partial charge is 0.385 e. The van der Waals surface area contributed by atoms with E-state index in [0.29, 0.717) is 13.0 Å². The van der Waals surface area contributed by atoms with E-state index in [1.807, 2.05) is 4.90 Å². The van der Waals surface area contributed by atoms with Gasteiger partial charge in [0.2, 0.25) is 5.91 Å². The maximum atomic E-state index is 12.0. The van der Waals surface area contributed by atoms with E-state index in [1.54, 1.807) is 7.11 Å². The van der Waals surface area contributed by atoms with E-state index in [9.17, 15) is 4.79 Å². The van der Waals surface area contributed by atoms with Crippen LogP contribution in [0.4, 0.5) is 0 Å². The van der Waals surface area contributed by atoms with E-state index in [0.717, 1.165) is 32.7 Å². The Labute approximate surface area is 104 Å². The highest BCUT2D eigenvalue weighted by Gasteiger charge is 2.24. The van der Waals surface area contributed by atoms with Crippen molar-refractivity contribution in [1.82, 2.24) is 9.80 Å². The molecule has 17 heavy (non-hydrogen) atoms. The summed E-state index contributed by atoms with van der Waals surface area (Å²) >= 11 is 0. The van der Waals surface area contributed by atoms with Crippen LogP contribution in [0.15, 0.2) is 0 Å². The molecule has 0 saturated carbocycles. The van der Waals surface area contributed by atoms with Crippen LogP contribution in [0, 0.1) is 0 Å². The zero-order valence-corrected chi connectivity index (χ0v) is 11.0. The Bertz CT molecular complexity index is 228. The number of amides is 1. The van der Waals surface area contributed by atoms with Crippen molar-refractivity contribution in [2.24, 2.45) is 5.73 Å². The molecular weight excluding hydrogens is 218 g/mol. The average Bonchev–Trinajstić information content (AvgIpc) is 2.36. The number of ether oxygens (including phenoxy) is 1. The number of methoxy groups -OCH3 is 1. The Hall–Kier alpha value is -0.650. The second-order valence-electron chi connectivity index (χ2n) is 4.55. The van der Waals surface area contributed by atoms with E-state index in [4.69, 9.17) is 10.5 Å². The van der Waals surface area contributed by atoms with E-state index in [1.165, 1.54) is 6.42 Å². The molecule has 1 amide bonds. The van der Waals surface area contributed by atoms with Crippen molar-refractivity contribution in [3.8, 4) is 0 Å². The maximum Gasteiger partial charge on any atom is 0.239 e. The van der Waals surface area contributed by atoms with Crippen LogP contribution in [0.3, 0.4) is 0 Å². The number of carbonyl (C=O) groups is 1. The standard InChI is InChI=1S/C12H25N3O2/c1-3-5-14-6-8-15(9-7-14)12(16)11(13)4-10-17-2/h11H,3-10,13H2,1-2H3. The molecular formula is C12H25N3O2. The van der Waals surface area contributed by atoms with Crippen LogP contribution in [0.2, 0.25) is 0 Å². The fourth-order valence-electron chi connectivity index (χ4n) is 2.11. The van der Waals surface area contributed by atoms with Gasteiger partial charge in [-0.2, -0.15) is 0 Å². The number of rotatable bonds is 6. The van der Waals surface area contributed by atoms with Gasteiger partial charge in [-0.1, -0.05) is 6.92 Å². The second kappa shape index (κ2) is 7.63. The number of piperazine rings is 1. The number of nitrogens with zero attached hydrogens (tertiary/aromatic N) is 2. The smallest absolute Gasteiger partial charge is 0.239 e. The minimum Gasteiger partial charge on any atom is -0.385 e. The van der Waals surface area contributed by atoms with Crippen LogP contribution in [-0.2, 0) is 9.53 Å². The first-order chi connectivity index (χ1) is 8.19. The molecule has 100 valence electrons. The van der Waals surface area contributed by atoms with Gasteiger partial charge in [0.25, 0.3) is 0 Å². The minimum atomic E-state index is -0.410. The topological polar surface area (TPSA) is 58.8 Å². The average molecular weight is 243 g/mol. The van der Waals surface area contributed by atoms with Gasteiger partial charge in [-0.3, -0.25) is 9.69 Å². The molecule has 0 spiro atoms. The van der Waals surface area contributed by atoms with Crippen LogP contribution in [0.25, 0.3) is 0 Å². The molecule has 1 saturated heterocycles. The molecule has 2 N–H and O–H groups in total. The van der Waals surface area contributed by atoms with E-state index < -0.39 is 6.04 Å². The zero-order valence-electron chi connectivity index (χ0n) is 11.0. The van der Waals surface area contributed by atoms with Gasteiger partial charge >= 0.3 is 0 Å². The zero-order chi connectivity index (χ0) is 12.7. The Balaban J connectivity index is 2.30. The van der Waals surface area contributed by atoms with Crippen LogP contribution in [0.5, 0.6) is 0 Å². The molecule has 1 rings (SSSR count). The lowest BCUT2D eigenvalue weighted by Gasteiger charge is -2.35. The van der Waals surface area contributed by atoms with Gasteiger partial charge in [-0.25, -0.2) is 0 Å². The van der Waals surface area contributed by atoms with Crippen molar-refractivity contribution in [3.05, 3.63) is 0 Å². The van der Waals surface area contributed by atoms with E-state index in [2.05, 4.69) is 11.8 Å². The van der Waals surface area contributed by atoms with Crippen molar-refractivity contribution in [2.45, 2.75) is 25.8 Å². The minimum absolute atomic E-state index is 0.0678. The van der Waals surface area contributed by atoms with Gasteiger partial charge in [0.15, 0.2) is 0 Å². The number of hydrogen-bond donors (Lipinski definition) is 1. The molecule has 0 aromatic heterocycles. The van der Waals surface area contributed by atoms with Crippen molar-refractivity contribution >= 4 is 5.91 Å². The third-order valence-corrected chi connectivity index (χ3v) is 3.17. The molecule has 1 atom stereocenters. The van der Waals surface area contributed by atoms with Crippen molar-refractivity contribution in [3.63, 3.8) is 0 Å². The monoisotopic (exact) mass is 243 g/mol. The van der Waals surface area contributed by atoms with E-state index in [-0.39, 0.29) is 5.91 Å². The maximum absolute atomic E-state index is 12.0. The third-order valence-electron chi connectivity index (χ3n) is 3.17. The quantitative estimate of drug-likeness (QED) is 0.708. The number of hydrogen-bond acceptors (Lipinski definition) is 4. The summed E-state index contributed by atoms with van der Waals surface area (Å²) in [5, 5.41) is 0. The fourth-order valence-corrected chi connectivity index (χ4v) is 2.11. The first-order valence-corrected chi connectivity index (χ1v) is 6.44. The Kier molecular flexibility index (Phi) is 6.47. The Morgan fingerprint density at radius 2 is 2.00 bits per heavy atom. The highest BCUT2D eigenvalue weighted by atomic mass is 16.5. The summed E-state index contributed by atoms with van der Waals surface area (Å²) in [7, 11) is 1.63. The predicted octanol–water partition coefficient (Wildman–Crippen LogP) is -0.0956. The summed E-state index contributed by atoms with van der Waals surface area (Å²) < 4.78 is 4.94. The first kappa shape index (κ1) is 14.4. The molecule has 1 fully saturated rings. The van der Waals surface area contributed by atoms with Crippen molar-refractivity contribution in [1.29, 1.82) is 0 Å². The summed E-state index contributed by atoms with van der Waals surface area (Å²) in [6, 6.07) is -0.410. The van der Waals surface area contributed by atoms with E-state index >= 15 is 0 Å². The highest BCUT2D eigenvalue weighted by molar-refractivity contribution is 5.81. The molecule has 0 aliphatic carbocycles. The normalized spacial score (nSPS) is 19.4. The molecule has 1 unspecified atom stereocenters. The summed E-state index contributed by atoms with van der Waals surface area (Å²) in [5.74, 6) is 0.0678. The Morgan fingerprint density at radius 1 is 1.35 bits per heavy atom. The lowest BCUT2D eigenvalue weighted by molar-refractivity contribution is -0.134. The summed E-state index contributed by atoms with van der Waals surface area (Å²) in [6.45, 7) is 7.39. The van der Waals surface area contributed by atoms with Gasteiger partial charge in [-0.15, -0.1) is 0 Å². The second-order valence-corrected chi connectivity index (χ2v) is 4.55. The van der Waals surface area contributed by atoms with Gasteiger partial charge in [-0.05, 0) is 19.4 Å². The summed E-state index contributed by atoms with van der Waals surface area (Å²) in [4.78, 5) is 16.3. The highest BCUT2D eigenvalue weighted by Crippen LogP contribution is 2.05. The number of nitrogens with two attached hydrogens (primary N) is 1. The molecule has 0 radical (unpaired) electrons. The summed E-state index contributed by atoms with van der Waals surface area (Å²) in [5.41, 5.74) is 5.84. The van der Waals surface area contributed by atoms with Gasteiger partial charge in [0, 0.05) is 39.9 Å². The molecule has 1 aliphatic heterocycles. The van der Waals surface area contributed by atoms with Crippen LogP contribution in [-0.4, -0.2) is 68.2 Å². The lowest BCUT2D eigenvalue weighted by atomic mass is 10.2. The molecule has 1 aliphatic rings. The predicted molar refractivity (Wildman–Crippen MR) is 67.8 cm³/mol. The van der Waals surface area contributed by atoms with Crippen LogP contribution >= 0.6 is 0 Å². The molecule has 0 aromatic carbocycles. The molecule has 0 bridgehead atoms. The van der Waals surface area contributed by atoms with Crippen molar-refractivity contribution in [2.75, 3.05) is 46.4 Å². The Morgan fingerprint density at radius 3 is 2.53 bits per heavy atom. The molecule has 1 heterocycles. The molecule has 5 heteroatoms. The van der Waals surface area contributed by atoms with Gasteiger partial charge in [0.1, 0.15) is 0 Å². The fraction of sp³-hybridized carbons (Fsp3) is 0.917. The van der Waals surface area contributed by atoms with Crippen molar-refractivity contribution < 1.29 is 9.53 Å².